The Labute approximate surface area is 180 Å². The molecule has 2 amide bonds. The molecule has 0 bridgehead atoms. The molecule has 176 valence electrons. The summed E-state index contributed by atoms with van der Waals surface area (Å²) in [6.07, 6.45) is -15.4. The van der Waals surface area contributed by atoms with E-state index in [0.717, 1.165) is 31.2 Å². The molecular formula is C18H13ClF8N2O3. The van der Waals surface area contributed by atoms with Gasteiger partial charge in [0.2, 0.25) is 0 Å². The number of amides is 2. The second-order valence-electron chi connectivity index (χ2n) is 5.91. The molecule has 1 unspecified atom stereocenters. The number of anilines is 1. The summed E-state index contributed by atoms with van der Waals surface area (Å²) in [7, 11) is 0. The van der Waals surface area contributed by atoms with Gasteiger partial charge in [0, 0.05) is 5.69 Å². The SMILES string of the molecule is Cc1cc(NC(N)=O)cc(Cl)c1OC(F)(F)C(F)C(F)(F)F.O=Cc1c(F)cccc1F. The summed E-state index contributed by atoms with van der Waals surface area (Å²) in [5.41, 5.74) is 4.16. The second-order valence-corrected chi connectivity index (χ2v) is 6.32. The van der Waals surface area contributed by atoms with Crippen molar-refractivity contribution in [3.05, 3.63) is 58.1 Å². The maximum atomic E-state index is 13.2. The number of aryl methyl sites for hydroxylation is 1. The number of primary amides is 1. The van der Waals surface area contributed by atoms with Gasteiger partial charge in [-0.3, -0.25) is 4.79 Å². The Balaban J connectivity index is 0.000000425. The lowest BCUT2D eigenvalue weighted by Gasteiger charge is -2.24. The number of hydrogen-bond donors (Lipinski definition) is 2. The molecule has 0 aliphatic rings. The Morgan fingerprint density at radius 3 is 2.06 bits per heavy atom. The van der Waals surface area contributed by atoms with Crippen LogP contribution in [0.2, 0.25) is 5.02 Å². The van der Waals surface area contributed by atoms with Crippen molar-refractivity contribution in [3.8, 4) is 5.75 Å². The number of nitrogens with two attached hydrogens (primary N) is 1. The van der Waals surface area contributed by atoms with Crippen molar-refractivity contribution in [2.45, 2.75) is 25.4 Å². The Hall–Kier alpha value is -3.09. The highest BCUT2D eigenvalue weighted by molar-refractivity contribution is 6.32. The lowest BCUT2D eigenvalue weighted by atomic mass is 10.2. The van der Waals surface area contributed by atoms with E-state index in [2.05, 4.69) is 10.1 Å². The molecule has 32 heavy (non-hydrogen) atoms. The van der Waals surface area contributed by atoms with Crippen LogP contribution < -0.4 is 15.8 Å². The molecule has 5 nitrogen and oxygen atoms in total. The highest BCUT2D eigenvalue weighted by Crippen LogP contribution is 2.40. The van der Waals surface area contributed by atoms with Crippen molar-refractivity contribution < 1.29 is 49.4 Å². The van der Waals surface area contributed by atoms with Crippen LogP contribution in [0.25, 0.3) is 0 Å². The number of hydrogen-bond acceptors (Lipinski definition) is 3. The summed E-state index contributed by atoms with van der Waals surface area (Å²) in [5.74, 6) is -2.50. The van der Waals surface area contributed by atoms with E-state index in [-0.39, 0.29) is 17.5 Å². The molecule has 0 aliphatic heterocycles. The Kier molecular flexibility index (Phi) is 8.83. The third-order valence-corrected chi connectivity index (χ3v) is 3.72. The highest BCUT2D eigenvalue weighted by Gasteiger charge is 2.59. The number of nitrogens with one attached hydrogen (secondary N) is 1. The average Bonchev–Trinajstić information content (AvgIpc) is 2.63. The first-order chi connectivity index (χ1) is 14.6. The van der Waals surface area contributed by atoms with E-state index < -0.39 is 52.5 Å². The van der Waals surface area contributed by atoms with Gasteiger partial charge in [-0.1, -0.05) is 17.7 Å². The summed E-state index contributed by atoms with van der Waals surface area (Å²) < 4.78 is 104. The first kappa shape index (κ1) is 26.9. The fourth-order valence-electron chi connectivity index (χ4n) is 2.08. The fraction of sp³-hybridized carbons (Fsp3) is 0.222. The number of carbonyl (C=O) groups excluding carboxylic acids is 2. The van der Waals surface area contributed by atoms with E-state index >= 15 is 0 Å². The molecule has 0 aliphatic carbocycles. The topological polar surface area (TPSA) is 81.4 Å². The number of urea groups is 1. The van der Waals surface area contributed by atoms with Gasteiger partial charge < -0.3 is 15.8 Å². The van der Waals surface area contributed by atoms with E-state index in [1.54, 1.807) is 0 Å². The minimum absolute atomic E-state index is 0.00159. The largest absolute Gasteiger partial charge is 0.439 e. The zero-order valence-corrected chi connectivity index (χ0v) is 16.5. The van der Waals surface area contributed by atoms with E-state index in [1.807, 2.05) is 0 Å². The quantitative estimate of drug-likeness (QED) is 0.409. The summed E-state index contributed by atoms with van der Waals surface area (Å²) >= 11 is 5.59. The minimum Gasteiger partial charge on any atom is -0.428 e. The Morgan fingerprint density at radius 2 is 1.69 bits per heavy atom. The van der Waals surface area contributed by atoms with Gasteiger partial charge in [-0.05, 0) is 36.8 Å². The molecular weight excluding hydrogens is 480 g/mol. The van der Waals surface area contributed by atoms with Gasteiger partial charge in [-0.15, -0.1) is 0 Å². The van der Waals surface area contributed by atoms with Gasteiger partial charge in [-0.25, -0.2) is 18.0 Å². The molecule has 0 fully saturated rings. The van der Waals surface area contributed by atoms with Crippen molar-refractivity contribution in [1.82, 2.24) is 0 Å². The van der Waals surface area contributed by atoms with Crippen LogP contribution in [0.1, 0.15) is 15.9 Å². The minimum atomic E-state index is -5.81. The molecule has 0 radical (unpaired) electrons. The van der Waals surface area contributed by atoms with Gasteiger partial charge in [0.05, 0.1) is 10.6 Å². The summed E-state index contributed by atoms with van der Waals surface area (Å²) in [5, 5.41) is 1.52. The second kappa shape index (κ2) is 10.5. The van der Waals surface area contributed by atoms with Crippen LogP contribution in [0, 0.1) is 18.6 Å². The van der Waals surface area contributed by atoms with Crippen LogP contribution in [0.15, 0.2) is 30.3 Å². The molecule has 3 N–H and O–H groups in total. The smallest absolute Gasteiger partial charge is 0.428 e. The van der Waals surface area contributed by atoms with E-state index in [1.165, 1.54) is 6.07 Å². The first-order valence-electron chi connectivity index (χ1n) is 8.13. The molecule has 2 aromatic carbocycles. The zero-order valence-electron chi connectivity index (χ0n) is 15.7. The lowest BCUT2D eigenvalue weighted by Crippen LogP contribution is -2.45. The highest BCUT2D eigenvalue weighted by atomic mass is 35.5. The van der Waals surface area contributed by atoms with E-state index in [9.17, 15) is 44.7 Å². The molecule has 0 saturated carbocycles. The maximum absolute atomic E-state index is 13.2. The third-order valence-electron chi connectivity index (χ3n) is 3.43. The standard InChI is InChI=1S/C11H9ClF6N2O2.C7H4F2O/c1-4-2-5(20-9(19)21)3-6(12)7(4)22-11(17,18)8(13)10(14,15)16;8-6-2-1-3-7(9)5(6)4-10/h2-3,8H,1H3,(H3,19,20,21);1-4H. The van der Waals surface area contributed by atoms with Crippen LogP contribution in [0.4, 0.5) is 45.6 Å². The summed E-state index contributed by atoms with van der Waals surface area (Å²) in [6.45, 7) is 1.16. The number of carbonyl (C=O) groups is 2. The molecule has 1 atom stereocenters. The molecule has 2 rings (SSSR count). The molecule has 0 heterocycles. The predicted octanol–water partition coefficient (Wildman–Crippen LogP) is 5.79. The molecule has 0 spiro atoms. The number of halogens is 9. The molecule has 2 aromatic rings. The van der Waals surface area contributed by atoms with Crippen molar-refractivity contribution in [3.63, 3.8) is 0 Å². The summed E-state index contributed by atoms with van der Waals surface area (Å²) in [6, 6.07) is 4.27. The normalized spacial score (nSPS) is 12.3. The van der Waals surface area contributed by atoms with Crippen LogP contribution in [0.5, 0.6) is 5.75 Å². The number of ether oxygens (including phenoxy) is 1. The zero-order chi connectivity index (χ0) is 24.9. The lowest BCUT2D eigenvalue weighted by molar-refractivity contribution is -0.305. The monoisotopic (exact) mass is 492 g/mol. The number of aldehydes is 1. The van der Waals surface area contributed by atoms with Crippen molar-refractivity contribution >= 4 is 29.6 Å². The fourth-order valence-corrected chi connectivity index (χ4v) is 2.38. The Bertz CT molecular complexity index is 942. The predicted molar refractivity (Wildman–Crippen MR) is 97.7 cm³/mol. The third kappa shape index (κ3) is 7.25. The van der Waals surface area contributed by atoms with Crippen LogP contribution >= 0.6 is 11.6 Å². The van der Waals surface area contributed by atoms with Crippen molar-refractivity contribution in [1.29, 1.82) is 0 Å². The average molecular weight is 493 g/mol. The maximum Gasteiger partial charge on any atom is 0.439 e. The van der Waals surface area contributed by atoms with Gasteiger partial charge in [0.25, 0.3) is 6.17 Å². The summed E-state index contributed by atoms with van der Waals surface area (Å²) in [4.78, 5) is 20.6. The van der Waals surface area contributed by atoms with Crippen LogP contribution in [-0.4, -0.2) is 30.8 Å². The number of benzene rings is 2. The van der Waals surface area contributed by atoms with Gasteiger partial charge in [0.15, 0.2) is 6.29 Å². The van der Waals surface area contributed by atoms with Gasteiger partial charge >= 0.3 is 18.3 Å². The Morgan fingerprint density at radius 1 is 1.16 bits per heavy atom. The number of rotatable bonds is 5. The van der Waals surface area contributed by atoms with E-state index in [0.29, 0.717) is 0 Å². The molecule has 0 aromatic heterocycles. The van der Waals surface area contributed by atoms with Crippen LogP contribution in [-0.2, 0) is 0 Å². The first-order valence-corrected chi connectivity index (χ1v) is 8.51. The van der Waals surface area contributed by atoms with Gasteiger partial charge in [-0.2, -0.15) is 22.0 Å². The number of alkyl halides is 6. The van der Waals surface area contributed by atoms with E-state index in [4.69, 9.17) is 17.3 Å². The molecule has 0 saturated heterocycles. The van der Waals surface area contributed by atoms with Crippen molar-refractivity contribution in [2.24, 2.45) is 5.73 Å². The van der Waals surface area contributed by atoms with Gasteiger partial charge in [0.1, 0.15) is 17.4 Å². The van der Waals surface area contributed by atoms with Crippen molar-refractivity contribution in [2.75, 3.05) is 5.32 Å². The molecule has 14 heteroatoms. The van der Waals surface area contributed by atoms with Crippen LogP contribution in [0.3, 0.4) is 0 Å².